The zero-order valence-corrected chi connectivity index (χ0v) is 11.3. The van der Waals surface area contributed by atoms with Gasteiger partial charge in [-0.3, -0.25) is 0 Å². The highest BCUT2D eigenvalue weighted by atomic mass is 16.5. The molecule has 1 fully saturated rings. The molecule has 0 aromatic rings. The number of nitrogens with one attached hydrogen (secondary N) is 1. The number of hydrogen-bond donors (Lipinski definition) is 1. The Hall–Kier alpha value is -0.0800. The van der Waals surface area contributed by atoms with Crippen LogP contribution in [-0.2, 0) is 4.74 Å². The van der Waals surface area contributed by atoms with Crippen LogP contribution >= 0.6 is 0 Å². The lowest BCUT2D eigenvalue weighted by Crippen LogP contribution is -2.46. The van der Waals surface area contributed by atoms with Crippen LogP contribution in [0.2, 0.25) is 0 Å². The van der Waals surface area contributed by atoms with Gasteiger partial charge in [-0.05, 0) is 38.6 Å². The van der Waals surface area contributed by atoms with Crippen LogP contribution in [0, 0.1) is 0 Å². The highest BCUT2D eigenvalue weighted by Gasteiger charge is 2.33. The summed E-state index contributed by atoms with van der Waals surface area (Å²) in [6.07, 6.45) is 8.67. The van der Waals surface area contributed by atoms with E-state index in [1.807, 2.05) is 0 Å². The van der Waals surface area contributed by atoms with E-state index in [4.69, 9.17) is 4.74 Å². The maximum absolute atomic E-state index is 5.98. The van der Waals surface area contributed by atoms with Crippen LogP contribution in [0.4, 0.5) is 0 Å². The molecule has 0 spiro atoms. The van der Waals surface area contributed by atoms with Crippen molar-refractivity contribution in [1.82, 2.24) is 5.32 Å². The number of rotatable bonds is 7. The number of hydrogen-bond acceptors (Lipinski definition) is 2. The second kappa shape index (κ2) is 7.29. The van der Waals surface area contributed by atoms with E-state index in [1.54, 1.807) is 0 Å². The normalized spacial score (nSPS) is 24.6. The molecule has 1 N–H and O–H groups in total. The molecule has 0 radical (unpaired) electrons. The first-order valence-electron chi connectivity index (χ1n) is 7.13. The zero-order chi connectivity index (χ0) is 11.9. The van der Waals surface area contributed by atoms with Gasteiger partial charge in [-0.2, -0.15) is 0 Å². The topological polar surface area (TPSA) is 21.3 Å². The van der Waals surface area contributed by atoms with E-state index in [2.05, 4.69) is 26.1 Å². The summed E-state index contributed by atoms with van der Waals surface area (Å²) in [5.74, 6) is 0. The molecular weight excluding hydrogens is 198 g/mol. The Kier molecular flexibility index (Phi) is 6.37. The Morgan fingerprint density at radius 3 is 2.56 bits per heavy atom. The van der Waals surface area contributed by atoms with Gasteiger partial charge in [-0.25, -0.2) is 0 Å². The minimum Gasteiger partial charge on any atom is -0.375 e. The highest BCUT2D eigenvalue weighted by molar-refractivity contribution is 4.87. The molecule has 1 rings (SSSR count). The molecule has 2 heteroatoms. The van der Waals surface area contributed by atoms with E-state index in [1.165, 1.54) is 38.6 Å². The molecule has 16 heavy (non-hydrogen) atoms. The van der Waals surface area contributed by atoms with Gasteiger partial charge in [0, 0.05) is 12.6 Å². The van der Waals surface area contributed by atoms with Crippen LogP contribution in [0.15, 0.2) is 0 Å². The molecule has 0 aliphatic carbocycles. The van der Waals surface area contributed by atoms with E-state index in [0.717, 1.165) is 19.4 Å². The van der Waals surface area contributed by atoms with Crippen molar-refractivity contribution in [2.45, 2.75) is 77.4 Å². The molecule has 0 amide bonds. The fourth-order valence-corrected chi connectivity index (χ4v) is 2.63. The molecular formula is C14H29NO. The molecule has 2 nitrogen and oxygen atoms in total. The van der Waals surface area contributed by atoms with Gasteiger partial charge in [0.1, 0.15) is 0 Å². The predicted molar refractivity (Wildman–Crippen MR) is 69.8 cm³/mol. The van der Waals surface area contributed by atoms with Gasteiger partial charge in [0.2, 0.25) is 0 Å². The van der Waals surface area contributed by atoms with Gasteiger partial charge in [0.25, 0.3) is 0 Å². The summed E-state index contributed by atoms with van der Waals surface area (Å²) in [6, 6.07) is 0.686. The van der Waals surface area contributed by atoms with E-state index in [9.17, 15) is 0 Å². The monoisotopic (exact) mass is 227 g/mol. The molecule has 0 aromatic carbocycles. The van der Waals surface area contributed by atoms with Crippen LogP contribution in [0.5, 0.6) is 0 Å². The maximum Gasteiger partial charge on any atom is 0.0692 e. The molecule has 1 aliphatic heterocycles. The first-order valence-corrected chi connectivity index (χ1v) is 7.13. The highest BCUT2D eigenvalue weighted by Crippen LogP contribution is 2.31. The molecule has 1 aliphatic rings. The molecule has 96 valence electrons. The van der Waals surface area contributed by atoms with E-state index in [-0.39, 0.29) is 5.60 Å². The lowest BCUT2D eigenvalue weighted by atomic mass is 9.86. The first-order chi connectivity index (χ1) is 7.76. The third-order valence-electron chi connectivity index (χ3n) is 3.99. The first kappa shape index (κ1) is 14.0. The number of ether oxygens (including phenoxy) is 1. The summed E-state index contributed by atoms with van der Waals surface area (Å²) >= 11 is 0. The number of unbranched alkanes of at least 4 members (excludes halogenated alkanes) is 2. The van der Waals surface area contributed by atoms with Crippen LogP contribution in [0.1, 0.15) is 65.7 Å². The lowest BCUT2D eigenvalue weighted by molar-refractivity contribution is -0.0929. The Labute approximate surface area is 101 Å². The van der Waals surface area contributed by atoms with Crippen molar-refractivity contribution in [2.75, 3.05) is 13.2 Å². The molecule has 1 atom stereocenters. The van der Waals surface area contributed by atoms with Gasteiger partial charge >= 0.3 is 0 Å². The summed E-state index contributed by atoms with van der Waals surface area (Å²) in [4.78, 5) is 0. The van der Waals surface area contributed by atoms with Gasteiger partial charge in [-0.15, -0.1) is 0 Å². The van der Waals surface area contributed by atoms with Crippen LogP contribution < -0.4 is 5.32 Å². The van der Waals surface area contributed by atoms with Crippen molar-refractivity contribution in [3.05, 3.63) is 0 Å². The van der Waals surface area contributed by atoms with Crippen molar-refractivity contribution in [3.8, 4) is 0 Å². The lowest BCUT2D eigenvalue weighted by Gasteiger charge is -2.40. The molecule has 0 bridgehead atoms. The van der Waals surface area contributed by atoms with Gasteiger partial charge in [0.15, 0.2) is 0 Å². The van der Waals surface area contributed by atoms with E-state index < -0.39 is 0 Å². The summed E-state index contributed by atoms with van der Waals surface area (Å²) in [5, 5.41) is 3.70. The Morgan fingerprint density at radius 1 is 1.19 bits per heavy atom. The fourth-order valence-electron chi connectivity index (χ4n) is 2.63. The largest absolute Gasteiger partial charge is 0.375 e. The van der Waals surface area contributed by atoms with E-state index in [0.29, 0.717) is 6.04 Å². The van der Waals surface area contributed by atoms with Gasteiger partial charge in [0.05, 0.1) is 5.60 Å². The van der Waals surface area contributed by atoms with Crippen LogP contribution in [0.25, 0.3) is 0 Å². The van der Waals surface area contributed by atoms with Gasteiger partial charge < -0.3 is 10.1 Å². The van der Waals surface area contributed by atoms with E-state index >= 15 is 0 Å². The molecule has 1 saturated heterocycles. The minimum absolute atomic E-state index is 0.167. The van der Waals surface area contributed by atoms with Crippen LogP contribution in [-0.4, -0.2) is 24.8 Å². The molecule has 0 saturated carbocycles. The third kappa shape index (κ3) is 4.06. The van der Waals surface area contributed by atoms with Crippen molar-refractivity contribution in [2.24, 2.45) is 0 Å². The SMILES string of the molecule is CCCCCNC1CCOC(CC)(CC)C1. The van der Waals surface area contributed by atoms with Crippen molar-refractivity contribution >= 4 is 0 Å². The summed E-state index contributed by atoms with van der Waals surface area (Å²) < 4.78 is 5.98. The summed E-state index contributed by atoms with van der Waals surface area (Å²) in [5.41, 5.74) is 0.167. The van der Waals surface area contributed by atoms with Crippen molar-refractivity contribution < 1.29 is 4.74 Å². The average Bonchev–Trinajstić information content (AvgIpc) is 2.35. The zero-order valence-electron chi connectivity index (χ0n) is 11.3. The maximum atomic E-state index is 5.98. The third-order valence-corrected chi connectivity index (χ3v) is 3.99. The molecule has 0 aromatic heterocycles. The second-order valence-corrected chi connectivity index (χ2v) is 5.09. The minimum atomic E-state index is 0.167. The average molecular weight is 227 g/mol. The molecule has 1 unspecified atom stereocenters. The molecule has 1 heterocycles. The quantitative estimate of drug-likeness (QED) is 0.672. The van der Waals surface area contributed by atoms with Crippen LogP contribution in [0.3, 0.4) is 0 Å². The Balaban J connectivity index is 2.27. The van der Waals surface area contributed by atoms with Gasteiger partial charge in [-0.1, -0.05) is 33.6 Å². The van der Waals surface area contributed by atoms with Crippen molar-refractivity contribution in [1.29, 1.82) is 0 Å². The Bertz CT molecular complexity index is 178. The summed E-state index contributed by atoms with van der Waals surface area (Å²) in [6.45, 7) is 8.88. The second-order valence-electron chi connectivity index (χ2n) is 5.09. The van der Waals surface area contributed by atoms with Crippen molar-refractivity contribution in [3.63, 3.8) is 0 Å². The summed E-state index contributed by atoms with van der Waals surface area (Å²) in [7, 11) is 0. The Morgan fingerprint density at radius 2 is 1.94 bits per heavy atom. The smallest absolute Gasteiger partial charge is 0.0692 e. The standard InChI is InChI=1S/C14H29NO/c1-4-7-8-10-15-13-9-11-16-14(5-2,6-3)12-13/h13,15H,4-12H2,1-3H3. The fraction of sp³-hybridized carbons (Fsp3) is 1.00. The predicted octanol–water partition coefficient (Wildman–Crippen LogP) is 3.50.